The first-order valence-corrected chi connectivity index (χ1v) is 6.35. The summed E-state index contributed by atoms with van der Waals surface area (Å²) in [6, 6.07) is 4.36. The normalized spacial score (nSPS) is 10.4. The average Bonchev–Trinajstić information content (AvgIpc) is 2.62. The van der Waals surface area contributed by atoms with Crippen molar-refractivity contribution in [3.05, 3.63) is 55.9 Å². The zero-order chi connectivity index (χ0) is 11.7. The number of rotatable bonds is 2. The number of halogens is 2. The van der Waals surface area contributed by atoms with E-state index in [1.54, 1.807) is 18.4 Å². The Bertz CT molecular complexity index is 527. The van der Waals surface area contributed by atoms with E-state index < -0.39 is 0 Å². The molecule has 2 rings (SSSR count). The molecule has 0 unspecified atom stereocenters. The molecule has 1 aromatic carbocycles. The topological polar surface area (TPSA) is 17.1 Å². The minimum absolute atomic E-state index is 0.157. The lowest BCUT2D eigenvalue weighted by atomic mass is 10.0. The van der Waals surface area contributed by atoms with Gasteiger partial charge in [-0.2, -0.15) is 11.3 Å². The number of carbonyl (C=O) groups is 1. The highest BCUT2D eigenvalue weighted by Gasteiger charge is 2.14. The number of aryl methyl sites for hydroxylation is 1. The lowest BCUT2D eigenvalue weighted by Gasteiger charge is -2.02. The van der Waals surface area contributed by atoms with Crippen LogP contribution in [0.1, 0.15) is 21.5 Å². The fourth-order valence-electron chi connectivity index (χ4n) is 1.47. The van der Waals surface area contributed by atoms with Crippen LogP contribution in [0.4, 0.5) is 4.39 Å². The molecule has 1 heterocycles. The van der Waals surface area contributed by atoms with Crippen molar-refractivity contribution in [2.75, 3.05) is 0 Å². The molecule has 0 atom stereocenters. The van der Waals surface area contributed by atoms with Gasteiger partial charge in [0.1, 0.15) is 5.82 Å². The van der Waals surface area contributed by atoms with E-state index >= 15 is 0 Å². The lowest BCUT2D eigenvalue weighted by molar-refractivity contribution is 0.103. The van der Waals surface area contributed by atoms with E-state index in [-0.39, 0.29) is 11.6 Å². The number of thiophene rings is 1. The molecule has 0 saturated heterocycles. The Balaban J connectivity index is 2.45. The summed E-state index contributed by atoms with van der Waals surface area (Å²) in [4.78, 5) is 12.0. The van der Waals surface area contributed by atoms with Gasteiger partial charge in [0.25, 0.3) is 0 Å². The lowest BCUT2D eigenvalue weighted by Crippen LogP contribution is -2.01. The number of carbonyl (C=O) groups excluding carboxylic acids is 1. The summed E-state index contributed by atoms with van der Waals surface area (Å²) in [7, 11) is 0. The highest BCUT2D eigenvalue weighted by atomic mass is 79.9. The van der Waals surface area contributed by atoms with E-state index in [0.29, 0.717) is 11.1 Å². The van der Waals surface area contributed by atoms with E-state index in [2.05, 4.69) is 15.9 Å². The summed E-state index contributed by atoms with van der Waals surface area (Å²) >= 11 is 4.73. The fourth-order valence-corrected chi connectivity index (χ4v) is 2.92. The molecular formula is C12H8BrFOS. The maximum absolute atomic E-state index is 13.2. The summed E-state index contributed by atoms with van der Waals surface area (Å²) in [5.74, 6) is -0.537. The largest absolute Gasteiger partial charge is 0.289 e. The summed E-state index contributed by atoms with van der Waals surface area (Å²) < 4.78 is 13.9. The number of hydrogen-bond donors (Lipinski definition) is 0. The third-order valence-electron chi connectivity index (χ3n) is 2.16. The summed E-state index contributed by atoms with van der Waals surface area (Å²) in [6.07, 6.45) is 0. The molecule has 0 spiro atoms. The van der Waals surface area contributed by atoms with E-state index in [0.717, 1.165) is 10.0 Å². The summed E-state index contributed by atoms with van der Waals surface area (Å²) in [5, 5.41) is 3.59. The summed E-state index contributed by atoms with van der Waals surface area (Å²) in [6.45, 7) is 1.77. The molecule has 0 aliphatic heterocycles. The van der Waals surface area contributed by atoms with Crippen LogP contribution in [0.2, 0.25) is 0 Å². The Hall–Kier alpha value is -1.00. The van der Waals surface area contributed by atoms with Gasteiger partial charge < -0.3 is 0 Å². The van der Waals surface area contributed by atoms with Crippen molar-refractivity contribution in [1.29, 1.82) is 0 Å². The highest BCUT2D eigenvalue weighted by Crippen LogP contribution is 2.24. The number of benzene rings is 1. The molecule has 0 fully saturated rings. The smallest absolute Gasteiger partial charge is 0.195 e. The molecule has 82 valence electrons. The van der Waals surface area contributed by atoms with Gasteiger partial charge >= 0.3 is 0 Å². The molecular weight excluding hydrogens is 291 g/mol. The van der Waals surface area contributed by atoms with E-state index in [4.69, 9.17) is 0 Å². The monoisotopic (exact) mass is 298 g/mol. The number of hydrogen-bond acceptors (Lipinski definition) is 2. The molecule has 0 radical (unpaired) electrons. The van der Waals surface area contributed by atoms with Crippen LogP contribution in [0.5, 0.6) is 0 Å². The SMILES string of the molecule is Cc1cc(F)cc(C(=O)c2cscc2Br)c1. The molecule has 1 aromatic heterocycles. The van der Waals surface area contributed by atoms with Crippen LogP contribution in [0.3, 0.4) is 0 Å². The molecule has 0 bridgehead atoms. The van der Waals surface area contributed by atoms with Crippen LogP contribution < -0.4 is 0 Å². The van der Waals surface area contributed by atoms with Crippen molar-refractivity contribution in [3.8, 4) is 0 Å². The quantitative estimate of drug-likeness (QED) is 0.760. The molecule has 0 aliphatic rings. The molecule has 0 amide bonds. The Morgan fingerprint density at radius 3 is 2.62 bits per heavy atom. The van der Waals surface area contributed by atoms with Crippen molar-refractivity contribution in [2.45, 2.75) is 6.92 Å². The zero-order valence-electron chi connectivity index (χ0n) is 8.46. The Morgan fingerprint density at radius 1 is 1.31 bits per heavy atom. The van der Waals surface area contributed by atoms with Crippen LogP contribution >= 0.6 is 27.3 Å². The first-order valence-electron chi connectivity index (χ1n) is 4.61. The second-order valence-corrected chi connectivity index (χ2v) is 5.08. The third-order valence-corrected chi connectivity index (χ3v) is 3.87. The maximum Gasteiger partial charge on any atom is 0.195 e. The van der Waals surface area contributed by atoms with Crippen molar-refractivity contribution in [1.82, 2.24) is 0 Å². The van der Waals surface area contributed by atoms with E-state index in [9.17, 15) is 9.18 Å². The molecule has 0 aliphatic carbocycles. The minimum atomic E-state index is -0.380. The standard InChI is InChI=1S/C12H8BrFOS/c1-7-2-8(4-9(14)3-7)12(15)10-5-16-6-11(10)13/h2-6H,1H3. The maximum atomic E-state index is 13.2. The predicted molar refractivity (Wildman–Crippen MR) is 66.6 cm³/mol. The number of ketones is 1. The molecule has 0 N–H and O–H groups in total. The minimum Gasteiger partial charge on any atom is -0.289 e. The van der Waals surface area contributed by atoms with Crippen molar-refractivity contribution >= 4 is 33.0 Å². The fraction of sp³-hybridized carbons (Fsp3) is 0.0833. The first-order chi connectivity index (χ1) is 7.58. The van der Waals surface area contributed by atoms with Gasteiger partial charge in [-0.1, -0.05) is 0 Å². The Morgan fingerprint density at radius 2 is 2.06 bits per heavy atom. The van der Waals surface area contributed by atoms with Crippen molar-refractivity contribution in [2.24, 2.45) is 0 Å². The third kappa shape index (κ3) is 2.23. The van der Waals surface area contributed by atoms with Crippen LogP contribution in [0, 0.1) is 12.7 Å². The molecule has 4 heteroatoms. The zero-order valence-corrected chi connectivity index (χ0v) is 10.9. The van der Waals surface area contributed by atoms with Gasteiger partial charge in [0.15, 0.2) is 5.78 Å². The van der Waals surface area contributed by atoms with E-state index in [1.165, 1.54) is 23.5 Å². The van der Waals surface area contributed by atoms with Crippen LogP contribution in [-0.4, -0.2) is 5.78 Å². The highest BCUT2D eigenvalue weighted by molar-refractivity contribution is 9.10. The van der Waals surface area contributed by atoms with E-state index in [1.807, 2.05) is 5.38 Å². The van der Waals surface area contributed by atoms with Crippen LogP contribution in [0.15, 0.2) is 33.4 Å². The van der Waals surface area contributed by atoms with Gasteiger partial charge in [-0.15, -0.1) is 0 Å². The second kappa shape index (κ2) is 4.47. The second-order valence-electron chi connectivity index (χ2n) is 3.48. The molecule has 0 saturated carbocycles. The predicted octanol–water partition coefficient (Wildman–Crippen LogP) is 4.19. The van der Waals surface area contributed by atoms with Crippen molar-refractivity contribution < 1.29 is 9.18 Å². The van der Waals surface area contributed by atoms with Gasteiger partial charge in [0, 0.05) is 26.4 Å². The molecule has 2 aromatic rings. The van der Waals surface area contributed by atoms with Crippen LogP contribution in [0.25, 0.3) is 0 Å². The van der Waals surface area contributed by atoms with Gasteiger partial charge in [-0.25, -0.2) is 4.39 Å². The van der Waals surface area contributed by atoms with Crippen LogP contribution in [-0.2, 0) is 0 Å². The summed E-state index contributed by atoms with van der Waals surface area (Å²) in [5.41, 5.74) is 1.71. The van der Waals surface area contributed by atoms with Gasteiger partial charge in [-0.05, 0) is 46.6 Å². The van der Waals surface area contributed by atoms with Crippen molar-refractivity contribution in [3.63, 3.8) is 0 Å². The molecule has 1 nitrogen and oxygen atoms in total. The Labute approximate surface area is 105 Å². The van der Waals surface area contributed by atoms with Gasteiger partial charge in [0.05, 0.1) is 0 Å². The average molecular weight is 299 g/mol. The van der Waals surface area contributed by atoms with Gasteiger partial charge in [0.2, 0.25) is 0 Å². The van der Waals surface area contributed by atoms with Gasteiger partial charge in [-0.3, -0.25) is 4.79 Å². The first kappa shape index (κ1) is 11.5. The molecule has 16 heavy (non-hydrogen) atoms. The Kier molecular flexibility index (Phi) is 3.21.